The molecule has 2 aromatic heterocycles. The van der Waals surface area contributed by atoms with Gasteiger partial charge < -0.3 is 10.2 Å². The summed E-state index contributed by atoms with van der Waals surface area (Å²) in [7, 11) is 0. The van der Waals surface area contributed by atoms with E-state index in [2.05, 4.69) is 51.5 Å². The van der Waals surface area contributed by atoms with Gasteiger partial charge in [0.2, 0.25) is 0 Å². The number of amides is 1. The Balaban J connectivity index is 1.59. The van der Waals surface area contributed by atoms with E-state index in [1.54, 1.807) is 16.9 Å². The zero-order valence-corrected chi connectivity index (χ0v) is 18.7. The Morgan fingerprint density at radius 3 is 2.75 bits per heavy atom. The number of rotatable bonds is 6. The first-order valence-electron chi connectivity index (χ1n) is 11.0. The molecule has 0 unspecified atom stereocenters. The van der Waals surface area contributed by atoms with Crippen molar-refractivity contribution in [2.45, 2.75) is 52.6 Å². The second-order valence-electron chi connectivity index (χ2n) is 8.03. The Morgan fingerprint density at radius 2 is 2.06 bits per heavy atom. The van der Waals surface area contributed by atoms with E-state index >= 15 is 0 Å². The number of nitrogens with zero attached hydrogens (tertiary/aromatic N) is 6. The highest BCUT2D eigenvalue weighted by Gasteiger charge is 2.24. The Bertz CT molecular complexity index is 1160. The number of anilines is 1. The van der Waals surface area contributed by atoms with Gasteiger partial charge in [-0.05, 0) is 55.5 Å². The molecule has 0 fully saturated rings. The minimum atomic E-state index is -0.176. The molecule has 32 heavy (non-hydrogen) atoms. The van der Waals surface area contributed by atoms with Crippen molar-refractivity contribution in [2.24, 2.45) is 0 Å². The normalized spacial score (nSPS) is 13.0. The number of hydrogen-bond acceptors (Lipinski definition) is 6. The fraction of sp³-hybridized carbons (Fsp3) is 0.375. The standard InChI is InChI=1S/C24H27N7O/c1-4-19(5-2)27-24(32)23-16(3)31(29-28-23)21-8-6-7-18-15-30(12-11-20(18)21)22-10-9-17(13-25)14-26-22/h6-10,14,19H,4-5,11-12,15H2,1-3H3,(H,27,32). The lowest BCUT2D eigenvalue weighted by Crippen LogP contribution is -2.34. The van der Waals surface area contributed by atoms with Crippen LogP contribution in [0.2, 0.25) is 0 Å². The predicted octanol–water partition coefficient (Wildman–Crippen LogP) is 3.32. The first-order valence-corrected chi connectivity index (χ1v) is 11.0. The van der Waals surface area contributed by atoms with Gasteiger partial charge in [0.25, 0.3) is 5.91 Å². The van der Waals surface area contributed by atoms with E-state index in [1.165, 1.54) is 11.1 Å². The quantitative estimate of drug-likeness (QED) is 0.645. The van der Waals surface area contributed by atoms with Gasteiger partial charge in [-0.1, -0.05) is 31.2 Å². The number of pyridine rings is 1. The first kappa shape index (κ1) is 21.5. The third-order valence-corrected chi connectivity index (χ3v) is 6.10. The van der Waals surface area contributed by atoms with Crippen molar-refractivity contribution in [1.29, 1.82) is 5.26 Å². The lowest BCUT2D eigenvalue weighted by Gasteiger charge is -2.31. The molecule has 1 aromatic carbocycles. The summed E-state index contributed by atoms with van der Waals surface area (Å²) < 4.78 is 1.77. The van der Waals surface area contributed by atoms with Gasteiger partial charge in [-0.3, -0.25) is 4.79 Å². The van der Waals surface area contributed by atoms with E-state index in [1.807, 2.05) is 25.1 Å². The SMILES string of the molecule is CCC(CC)NC(=O)c1nnn(-c2cccc3c2CCN(c2ccc(C#N)cn2)C3)c1C. The largest absolute Gasteiger partial charge is 0.352 e. The summed E-state index contributed by atoms with van der Waals surface area (Å²) in [5, 5.41) is 20.6. The van der Waals surface area contributed by atoms with Crippen LogP contribution in [-0.4, -0.2) is 38.5 Å². The highest BCUT2D eigenvalue weighted by atomic mass is 16.2. The van der Waals surface area contributed by atoms with Crippen molar-refractivity contribution in [1.82, 2.24) is 25.3 Å². The first-order chi connectivity index (χ1) is 15.5. The van der Waals surface area contributed by atoms with Crippen molar-refractivity contribution >= 4 is 11.7 Å². The van der Waals surface area contributed by atoms with Crippen LogP contribution < -0.4 is 10.2 Å². The fourth-order valence-corrected chi connectivity index (χ4v) is 4.14. The van der Waals surface area contributed by atoms with Crippen molar-refractivity contribution in [2.75, 3.05) is 11.4 Å². The smallest absolute Gasteiger partial charge is 0.273 e. The molecule has 0 saturated heterocycles. The molecule has 0 radical (unpaired) electrons. The third kappa shape index (κ3) is 4.06. The van der Waals surface area contributed by atoms with Gasteiger partial charge in [0, 0.05) is 25.3 Å². The number of carbonyl (C=O) groups is 1. The second kappa shape index (κ2) is 9.18. The zero-order chi connectivity index (χ0) is 22.7. The average Bonchev–Trinajstić information content (AvgIpc) is 3.22. The van der Waals surface area contributed by atoms with Crippen LogP contribution >= 0.6 is 0 Å². The van der Waals surface area contributed by atoms with Crippen molar-refractivity contribution in [3.8, 4) is 11.8 Å². The Labute approximate surface area is 187 Å². The molecule has 3 heterocycles. The van der Waals surface area contributed by atoms with Gasteiger partial charge in [0.05, 0.1) is 16.9 Å². The molecule has 4 rings (SSSR count). The van der Waals surface area contributed by atoms with E-state index in [0.29, 0.717) is 11.3 Å². The highest BCUT2D eigenvalue weighted by Crippen LogP contribution is 2.28. The summed E-state index contributed by atoms with van der Waals surface area (Å²) in [5.74, 6) is 0.683. The monoisotopic (exact) mass is 429 g/mol. The summed E-state index contributed by atoms with van der Waals surface area (Å²) >= 11 is 0. The number of carbonyl (C=O) groups excluding carboxylic acids is 1. The number of fused-ring (bicyclic) bond motifs is 1. The van der Waals surface area contributed by atoms with Crippen LogP contribution in [0.3, 0.4) is 0 Å². The van der Waals surface area contributed by atoms with E-state index in [0.717, 1.165) is 49.6 Å². The predicted molar refractivity (Wildman–Crippen MR) is 122 cm³/mol. The van der Waals surface area contributed by atoms with Crippen LogP contribution in [0.5, 0.6) is 0 Å². The van der Waals surface area contributed by atoms with E-state index in [-0.39, 0.29) is 11.9 Å². The van der Waals surface area contributed by atoms with Gasteiger partial charge in [-0.15, -0.1) is 5.10 Å². The fourth-order valence-electron chi connectivity index (χ4n) is 4.14. The van der Waals surface area contributed by atoms with E-state index < -0.39 is 0 Å². The van der Waals surface area contributed by atoms with Crippen LogP contribution in [0, 0.1) is 18.3 Å². The van der Waals surface area contributed by atoms with Crippen LogP contribution in [0.25, 0.3) is 5.69 Å². The Morgan fingerprint density at radius 1 is 1.25 bits per heavy atom. The summed E-state index contributed by atoms with van der Waals surface area (Å²) in [4.78, 5) is 19.3. The van der Waals surface area contributed by atoms with Crippen LogP contribution in [0.1, 0.15) is 59.6 Å². The van der Waals surface area contributed by atoms with Crippen molar-refractivity contribution < 1.29 is 4.79 Å². The minimum Gasteiger partial charge on any atom is -0.352 e. The van der Waals surface area contributed by atoms with Gasteiger partial charge in [-0.25, -0.2) is 9.67 Å². The van der Waals surface area contributed by atoms with Gasteiger partial charge in [-0.2, -0.15) is 5.26 Å². The summed E-state index contributed by atoms with van der Waals surface area (Å²) in [6, 6.07) is 12.1. The molecular formula is C24H27N7O. The molecule has 1 amide bonds. The number of hydrogen-bond donors (Lipinski definition) is 1. The number of benzene rings is 1. The topological polar surface area (TPSA) is 99.7 Å². The molecule has 1 N–H and O–H groups in total. The van der Waals surface area contributed by atoms with Gasteiger partial charge in [0.1, 0.15) is 11.9 Å². The van der Waals surface area contributed by atoms with E-state index in [4.69, 9.17) is 5.26 Å². The molecule has 0 saturated carbocycles. The molecule has 0 spiro atoms. The number of nitriles is 1. The second-order valence-corrected chi connectivity index (χ2v) is 8.03. The summed E-state index contributed by atoms with van der Waals surface area (Å²) in [5.41, 5.74) is 5.02. The van der Waals surface area contributed by atoms with Crippen LogP contribution in [0.4, 0.5) is 5.82 Å². The maximum atomic E-state index is 12.7. The lowest BCUT2D eigenvalue weighted by molar-refractivity contribution is 0.0929. The van der Waals surface area contributed by atoms with Crippen LogP contribution in [-0.2, 0) is 13.0 Å². The molecule has 0 aliphatic carbocycles. The zero-order valence-electron chi connectivity index (χ0n) is 18.7. The average molecular weight is 430 g/mol. The Hall–Kier alpha value is -3.73. The third-order valence-electron chi connectivity index (χ3n) is 6.10. The molecular weight excluding hydrogens is 402 g/mol. The lowest BCUT2D eigenvalue weighted by atomic mass is 9.97. The minimum absolute atomic E-state index is 0.137. The molecule has 1 aliphatic rings. The molecule has 1 aliphatic heterocycles. The molecule has 0 bridgehead atoms. The molecule has 164 valence electrons. The van der Waals surface area contributed by atoms with Crippen molar-refractivity contribution in [3.63, 3.8) is 0 Å². The molecule has 0 atom stereocenters. The van der Waals surface area contributed by atoms with E-state index in [9.17, 15) is 4.79 Å². The molecule has 8 heteroatoms. The Kier molecular flexibility index (Phi) is 6.17. The van der Waals surface area contributed by atoms with Gasteiger partial charge >= 0.3 is 0 Å². The maximum absolute atomic E-state index is 12.7. The maximum Gasteiger partial charge on any atom is 0.273 e. The summed E-state index contributed by atoms with van der Waals surface area (Å²) in [6.45, 7) is 7.53. The summed E-state index contributed by atoms with van der Waals surface area (Å²) in [6.07, 6.45) is 4.19. The van der Waals surface area contributed by atoms with Crippen LogP contribution in [0.15, 0.2) is 36.5 Å². The molecule has 8 nitrogen and oxygen atoms in total. The molecule has 3 aromatic rings. The number of nitrogens with one attached hydrogen (secondary N) is 1. The highest BCUT2D eigenvalue weighted by molar-refractivity contribution is 5.93. The van der Waals surface area contributed by atoms with Crippen molar-refractivity contribution in [3.05, 3.63) is 64.6 Å². The van der Waals surface area contributed by atoms with Gasteiger partial charge in [0.15, 0.2) is 5.69 Å². The number of aromatic nitrogens is 4.